The average molecular weight is 341 g/mol. The second kappa shape index (κ2) is 6.86. The van der Waals surface area contributed by atoms with E-state index in [-0.39, 0.29) is 5.91 Å². The van der Waals surface area contributed by atoms with Crippen LogP contribution in [0.5, 0.6) is 5.75 Å². The van der Waals surface area contributed by atoms with Crippen LogP contribution in [0, 0.1) is 5.92 Å². The molecule has 1 aromatic heterocycles. The predicted molar refractivity (Wildman–Crippen MR) is 91.6 cm³/mol. The molecular weight excluding hydrogens is 318 g/mol. The minimum Gasteiger partial charge on any atom is -0.497 e. The van der Waals surface area contributed by atoms with Gasteiger partial charge in [-0.25, -0.2) is 0 Å². The summed E-state index contributed by atoms with van der Waals surface area (Å²) in [6, 6.07) is 7.34. The summed E-state index contributed by atoms with van der Waals surface area (Å²) in [6.45, 7) is 1.53. The summed E-state index contributed by atoms with van der Waals surface area (Å²) in [5.74, 6) is 3.22. The first-order chi connectivity index (χ1) is 12.2. The summed E-state index contributed by atoms with van der Waals surface area (Å²) in [6.07, 6.45) is 5.19. The second-order valence-electron chi connectivity index (χ2n) is 7.02. The Morgan fingerprint density at radius 1 is 1.36 bits per heavy atom. The molecule has 6 heteroatoms. The summed E-state index contributed by atoms with van der Waals surface area (Å²) in [5, 5.41) is 4.08. The van der Waals surface area contributed by atoms with Gasteiger partial charge in [-0.2, -0.15) is 4.98 Å². The van der Waals surface area contributed by atoms with Gasteiger partial charge < -0.3 is 14.2 Å². The molecule has 2 aliphatic rings. The summed E-state index contributed by atoms with van der Waals surface area (Å²) in [5.41, 5.74) is 0.675. The van der Waals surface area contributed by atoms with Crippen LogP contribution in [0.25, 0.3) is 0 Å². The zero-order chi connectivity index (χ0) is 17.2. The highest BCUT2D eigenvalue weighted by atomic mass is 16.5. The standard InChI is InChI=1S/C19H23N3O3/c1-24-16-6-2-5-15(11-16)19(23)22-9-3-4-13(12-22)10-17-20-18(21-25-17)14-7-8-14/h2,5-6,11,13-14H,3-4,7-10,12H2,1H3. The molecule has 1 saturated heterocycles. The first-order valence-corrected chi connectivity index (χ1v) is 8.98. The lowest BCUT2D eigenvalue weighted by atomic mass is 9.94. The summed E-state index contributed by atoms with van der Waals surface area (Å²) in [7, 11) is 1.61. The molecule has 2 fully saturated rings. The van der Waals surface area contributed by atoms with Gasteiger partial charge in [0.2, 0.25) is 5.89 Å². The fourth-order valence-electron chi connectivity index (χ4n) is 3.46. The van der Waals surface area contributed by atoms with E-state index in [1.54, 1.807) is 13.2 Å². The second-order valence-corrected chi connectivity index (χ2v) is 7.02. The number of rotatable bonds is 5. The Bertz CT molecular complexity index is 754. The molecule has 0 radical (unpaired) electrons. The van der Waals surface area contributed by atoms with Crippen LogP contribution in [0.4, 0.5) is 0 Å². The third kappa shape index (κ3) is 3.67. The van der Waals surface area contributed by atoms with Crippen molar-refractivity contribution in [1.29, 1.82) is 0 Å². The van der Waals surface area contributed by atoms with Gasteiger partial charge in [-0.15, -0.1) is 0 Å². The van der Waals surface area contributed by atoms with Gasteiger partial charge in [-0.3, -0.25) is 4.79 Å². The number of aromatic nitrogens is 2. The van der Waals surface area contributed by atoms with Crippen LogP contribution < -0.4 is 4.74 Å². The normalized spacial score (nSPS) is 20.5. The van der Waals surface area contributed by atoms with Crippen LogP contribution in [-0.4, -0.2) is 41.1 Å². The van der Waals surface area contributed by atoms with Crippen molar-refractivity contribution in [2.45, 2.75) is 38.0 Å². The quantitative estimate of drug-likeness (QED) is 0.836. The van der Waals surface area contributed by atoms with Gasteiger partial charge in [0.05, 0.1) is 7.11 Å². The molecule has 1 aliphatic carbocycles. The molecular formula is C19H23N3O3. The fourth-order valence-corrected chi connectivity index (χ4v) is 3.46. The predicted octanol–water partition coefficient (Wildman–Crippen LogP) is 3.05. The van der Waals surface area contributed by atoms with Crippen molar-refractivity contribution in [3.63, 3.8) is 0 Å². The number of carbonyl (C=O) groups excluding carboxylic acids is 1. The topological polar surface area (TPSA) is 68.5 Å². The molecule has 2 aromatic rings. The molecule has 1 amide bonds. The number of ether oxygens (including phenoxy) is 1. The van der Waals surface area contributed by atoms with Gasteiger partial charge in [0.1, 0.15) is 5.75 Å². The van der Waals surface area contributed by atoms with E-state index in [0.29, 0.717) is 29.0 Å². The molecule has 132 valence electrons. The smallest absolute Gasteiger partial charge is 0.253 e. The van der Waals surface area contributed by atoms with Crippen molar-refractivity contribution in [2.75, 3.05) is 20.2 Å². The summed E-state index contributed by atoms with van der Waals surface area (Å²) in [4.78, 5) is 19.2. The maximum absolute atomic E-state index is 12.8. The summed E-state index contributed by atoms with van der Waals surface area (Å²) >= 11 is 0. The van der Waals surface area contributed by atoms with Crippen molar-refractivity contribution >= 4 is 5.91 Å². The third-order valence-corrected chi connectivity index (χ3v) is 5.01. The Labute approximate surface area is 147 Å². The molecule has 25 heavy (non-hydrogen) atoms. The van der Waals surface area contributed by atoms with Gasteiger partial charge in [-0.05, 0) is 49.8 Å². The van der Waals surface area contributed by atoms with Crippen LogP contribution in [0.1, 0.15) is 53.7 Å². The Hall–Kier alpha value is -2.37. The Morgan fingerprint density at radius 3 is 3.04 bits per heavy atom. The molecule has 1 atom stereocenters. The maximum Gasteiger partial charge on any atom is 0.253 e. The van der Waals surface area contributed by atoms with Crippen molar-refractivity contribution in [3.8, 4) is 5.75 Å². The lowest BCUT2D eigenvalue weighted by Gasteiger charge is -2.32. The summed E-state index contributed by atoms with van der Waals surface area (Å²) < 4.78 is 10.6. The van der Waals surface area contributed by atoms with Gasteiger partial charge in [0.25, 0.3) is 5.91 Å². The first kappa shape index (κ1) is 16.1. The maximum atomic E-state index is 12.8. The van der Waals surface area contributed by atoms with E-state index in [9.17, 15) is 4.79 Å². The van der Waals surface area contributed by atoms with E-state index in [2.05, 4.69) is 10.1 Å². The van der Waals surface area contributed by atoms with E-state index >= 15 is 0 Å². The number of benzene rings is 1. The third-order valence-electron chi connectivity index (χ3n) is 5.01. The van der Waals surface area contributed by atoms with Crippen molar-refractivity contribution in [1.82, 2.24) is 15.0 Å². The first-order valence-electron chi connectivity index (χ1n) is 8.98. The Morgan fingerprint density at radius 2 is 2.24 bits per heavy atom. The van der Waals surface area contributed by atoms with Gasteiger partial charge >= 0.3 is 0 Å². The zero-order valence-corrected chi connectivity index (χ0v) is 14.5. The van der Waals surface area contributed by atoms with Gasteiger partial charge in [0.15, 0.2) is 5.82 Å². The molecule has 0 bridgehead atoms. The van der Waals surface area contributed by atoms with Crippen molar-refractivity contribution in [2.24, 2.45) is 5.92 Å². The van der Waals surface area contributed by atoms with E-state index in [0.717, 1.165) is 38.2 Å². The highest BCUT2D eigenvalue weighted by Crippen LogP contribution is 2.38. The minimum absolute atomic E-state index is 0.0628. The van der Waals surface area contributed by atoms with Crippen LogP contribution in [-0.2, 0) is 6.42 Å². The highest BCUT2D eigenvalue weighted by Gasteiger charge is 2.30. The largest absolute Gasteiger partial charge is 0.497 e. The van der Waals surface area contributed by atoms with Gasteiger partial charge in [-0.1, -0.05) is 11.2 Å². The van der Waals surface area contributed by atoms with E-state index < -0.39 is 0 Å². The van der Waals surface area contributed by atoms with Crippen LogP contribution in [0.2, 0.25) is 0 Å². The molecule has 4 rings (SSSR count). The van der Waals surface area contributed by atoms with Crippen molar-refractivity contribution in [3.05, 3.63) is 41.5 Å². The number of methoxy groups -OCH3 is 1. The van der Waals surface area contributed by atoms with E-state index in [4.69, 9.17) is 9.26 Å². The van der Waals surface area contributed by atoms with E-state index in [1.165, 1.54) is 12.8 Å². The minimum atomic E-state index is 0.0628. The SMILES string of the molecule is COc1cccc(C(=O)N2CCCC(Cc3nc(C4CC4)no3)C2)c1. The fraction of sp³-hybridized carbons (Fsp3) is 0.526. The van der Waals surface area contributed by atoms with Gasteiger partial charge in [0, 0.05) is 31.0 Å². The molecule has 1 aliphatic heterocycles. The zero-order valence-electron chi connectivity index (χ0n) is 14.5. The van der Waals surface area contributed by atoms with Crippen molar-refractivity contribution < 1.29 is 14.1 Å². The number of carbonyl (C=O) groups is 1. The molecule has 1 aromatic carbocycles. The Kier molecular flexibility index (Phi) is 4.42. The molecule has 6 nitrogen and oxygen atoms in total. The number of likely N-dealkylation sites (tertiary alicyclic amines) is 1. The molecule has 1 saturated carbocycles. The highest BCUT2D eigenvalue weighted by molar-refractivity contribution is 5.94. The Balaban J connectivity index is 1.40. The van der Waals surface area contributed by atoms with Crippen LogP contribution in [0.15, 0.2) is 28.8 Å². The number of amides is 1. The monoisotopic (exact) mass is 341 g/mol. The average Bonchev–Trinajstić information content (AvgIpc) is 3.41. The van der Waals surface area contributed by atoms with E-state index in [1.807, 2.05) is 23.1 Å². The van der Waals surface area contributed by atoms with Crippen LogP contribution >= 0.6 is 0 Å². The lowest BCUT2D eigenvalue weighted by Crippen LogP contribution is -2.40. The number of hydrogen-bond donors (Lipinski definition) is 0. The molecule has 0 N–H and O–H groups in total. The number of hydrogen-bond acceptors (Lipinski definition) is 5. The van der Waals surface area contributed by atoms with Crippen LogP contribution in [0.3, 0.4) is 0 Å². The molecule has 2 heterocycles. The number of piperidine rings is 1. The molecule has 1 unspecified atom stereocenters. The lowest BCUT2D eigenvalue weighted by molar-refractivity contribution is 0.0668. The number of nitrogens with zero attached hydrogens (tertiary/aromatic N) is 3. The molecule has 0 spiro atoms.